The molecule has 1 aromatic rings. The first-order valence-corrected chi connectivity index (χ1v) is 3.41. The Morgan fingerprint density at radius 1 is 1.50 bits per heavy atom. The fourth-order valence-corrected chi connectivity index (χ4v) is 0.623. The summed E-state index contributed by atoms with van der Waals surface area (Å²) in [4.78, 5) is 3.50. The first-order valence-electron chi connectivity index (χ1n) is 3.33. The van der Waals surface area contributed by atoms with Gasteiger partial charge >= 0.3 is 0 Å². The lowest BCUT2D eigenvalue weighted by Gasteiger charge is -1.88. The van der Waals surface area contributed by atoms with E-state index in [-0.39, 0.29) is 18.4 Å². The Bertz CT molecular complexity index is 276. The van der Waals surface area contributed by atoms with Gasteiger partial charge in [0.15, 0.2) is 0 Å². The van der Waals surface area contributed by atoms with Gasteiger partial charge in [-0.3, -0.25) is 4.98 Å². The molecule has 1 heterocycles. The highest BCUT2D eigenvalue weighted by Gasteiger charge is 1.89. The number of hydrogen-bond acceptors (Lipinski definition) is 1. The molecule has 0 radical (unpaired) electrons. The zero-order valence-electron chi connectivity index (χ0n) is 6.70. The first kappa shape index (κ1) is 3.32. The maximum atomic E-state index is 7.27. The summed E-state index contributed by atoms with van der Waals surface area (Å²) in [5.41, 5.74) is 0. The molecule has 0 saturated carbocycles. The van der Waals surface area contributed by atoms with Crippen LogP contribution in [-0.4, -0.2) is 4.98 Å². The van der Waals surface area contributed by atoms with Gasteiger partial charge in [0.2, 0.25) is 0 Å². The predicted octanol–water partition coefficient (Wildman–Crippen LogP) is 2.61. The molecule has 1 nitrogen and oxygen atoms in total. The average Bonchev–Trinajstić information content (AvgIpc) is 1.97. The van der Waals surface area contributed by atoms with E-state index in [2.05, 4.69) is 36.8 Å². The summed E-state index contributed by atoms with van der Waals surface area (Å²) >= 11 is 6.13. The van der Waals surface area contributed by atoms with Crippen LogP contribution >= 0.6 is 31.9 Å². The summed E-state index contributed by atoms with van der Waals surface area (Å²) < 4.78 is 22.4. The van der Waals surface area contributed by atoms with Crippen LogP contribution in [0.25, 0.3) is 0 Å². The highest BCUT2D eigenvalue weighted by atomic mass is 79.9. The minimum Gasteiger partial charge on any atom is -0.263 e. The SMILES string of the molecule is [2H]c1nc([2H])c(Br)c(Br)c1[2H]. The van der Waals surface area contributed by atoms with Crippen molar-refractivity contribution in [3.63, 3.8) is 0 Å². The topological polar surface area (TPSA) is 12.9 Å². The maximum Gasteiger partial charge on any atom is 0.0852 e. The van der Waals surface area contributed by atoms with Crippen LogP contribution in [0.15, 0.2) is 27.3 Å². The molecule has 0 unspecified atom stereocenters. The van der Waals surface area contributed by atoms with Gasteiger partial charge in [-0.05, 0) is 37.9 Å². The molecule has 1 rings (SSSR count). The molecule has 0 N–H and O–H groups in total. The monoisotopic (exact) mass is 238 g/mol. The van der Waals surface area contributed by atoms with Gasteiger partial charge in [-0.1, -0.05) is 0 Å². The third-order valence-electron chi connectivity index (χ3n) is 0.568. The number of rotatable bonds is 0. The Morgan fingerprint density at radius 3 is 3.00 bits per heavy atom. The molecule has 0 spiro atoms. The summed E-state index contributed by atoms with van der Waals surface area (Å²) in [7, 11) is 0. The number of nitrogens with zero attached hydrogens (tertiary/aromatic N) is 1. The summed E-state index contributed by atoms with van der Waals surface area (Å²) in [5.74, 6) is 0. The van der Waals surface area contributed by atoms with Crippen molar-refractivity contribution >= 4 is 31.9 Å². The van der Waals surface area contributed by atoms with E-state index >= 15 is 0 Å². The largest absolute Gasteiger partial charge is 0.263 e. The molecule has 42 valence electrons. The van der Waals surface area contributed by atoms with E-state index in [9.17, 15) is 0 Å². The van der Waals surface area contributed by atoms with Crippen molar-refractivity contribution in [2.75, 3.05) is 0 Å². The molecule has 0 aliphatic rings. The van der Waals surface area contributed by atoms with Gasteiger partial charge in [0.1, 0.15) is 0 Å². The standard InChI is InChI=1S/C5H3Br2N/c6-4-1-2-8-3-5(4)7/h1-3H/i1D,2D,3D. The fourth-order valence-electron chi connectivity index (χ4n) is 0.258. The van der Waals surface area contributed by atoms with Crippen LogP contribution in [0, 0.1) is 0 Å². The van der Waals surface area contributed by atoms with Crippen LogP contribution in [0.2, 0.25) is 0 Å². The van der Waals surface area contributed by atoms with E-state index in [4.69, 9.17) is 4.11 Å². The fraction of sp³-hybridized carbons (Fsp3) is 0. The quantitative estimate of drug-likeness (QED) is 0.679. The third kappa shape index (κ3) is 1.29. The average molecular weight is 240 g/mol. The second-order valence-electron chi connectivity index (χ2n) is 1.09. The molecule has 0 aliphatic carbocycles. The number of halogens is 2. The highest BCUT2D eigenvalue weighted by Crippen LogP contribution is 2.19. The molecule has 0 aliphatic heterocycles. The van der Waals surface area contributed by atoms with Gasteiger partial charge < -0.3 is 0 Å². The molecule has 1 aromatic heterocycles. The minimum atomic E-state index is -0.190. The highest BCUT2D eigenvalue weighted by molar-refractivity contribution is 9.13. The van der Waals surface area contributed by atoms with E-state index < -0.39 is 0 Å². The third-order valence-corrected chi connectivity index (χ3v) is 2.27. The minimum absolute atomic E-state index is 0.00660. The van der Waals surface area contributed by atoms with Crippen molar-refractivity contribution in [1.82, 2.24) is 4.98 Å². The Kier molecular flexibility index (Phi) is 1.08. The Morgan fingerprint density at radius 2 is 2.25 bits per heavy atom. The van der Waals surface area contributed by atoms with Crippen LogP contribution in [0.1, 0.15) is 4.11 Å². The second-order valence-corrected chi connectivity index (χ2v) is 2.67. The van der Waals surface area contributed by atoms with Gasteiger partial charge in [-0.2, -0.15) is 0 Å². The van der Waals surface area contributed by atoms with Gasteiger partial charge in [-0.25, -0.2) is 0 Å². The van der Waals surface area contributed by atoms with Crippen molar-refractivity contribution in [3.05, 3.63) is 27.3 Å². The van der Waals surface area contributed by atoms with Crippen LogP contribution in [0.3, 0.4) is 0 Å². The van der Waals surface area contributed by atoms with Crippen molar-refractivity contribution < 1.29 is 4.11 Å². The van der Waals surface area contributed by atoms with Crippen LogP contribution < -0.4 is 0 Å². The molecule has 0 saturated heterocycles. The second kappa shape index (κ2) is 2.60. The Labute approximate surface area is 68.6 Å². The molecule has 0 bridgehead atoms. The van der Waals surface area contributed by atoms with Gasteiger partial charge in [0, 0.05) is 16.8 Å². The number of pyridine rings is 1. The molecule has 8 heavy (non-hydrogen) atoms. The van der Waals surface area contributed by atoms with Gasteiger partial charge in [0.25, 0.3) is 0 Å². The van der Waals surface area contributed by atoms with Crippen LogP contribution in [-0.2, 0) is 0 Å². The van der Waals surface area contributed by atoms with E-state index in [1.807, 2.05) is 0 Å². The lowest BCUT2D eigenvalue weighted by atomic mass is 10.5. The van der Waals surface area contributed by atoms with Crippen LogP contribution in [0.5, 0.6) is 0 Å². The van der Waals surface area contributed by atoms with Gasteiger partial charge in [0.05, 0.1) is 8.58 Å². The Balaban J connectivity index is 3.46. The lowest BCUT2D eigenvalue weighted by molar-refractivity contribution is 1.29. The lowest BCUT2D eigenvalue weighted by Crippen LogP contribution is -1.69. The summed E-state index contributed by atoms with van der Waals surface area (Å²) in [6, 6.07) is -0.00660. The van der Waals surface area contributed by atoms with E-state index in [0.717, 1.165) is 0 Å². The molecule has 0 amide bonds. The van der Waals surface area contributed by atoms with Crippen molar-refractivity contribution in [2.24, 2.45) is 0 Å². The van der Waals surface area contributed by atoms with E-state index in [1.54, 1.807) is 0 Å². The molecule has 0 fully saturated rings. The van der Waals surface area contributed by atoms with Crippen molar-refractivity contribution in [2.45, 2.75) is 0 Å². The van der Waals surface area contributed by atoms with Gasteiger partial charge in [-0.15, -0.1) is 0 Å². The Hall–Kier alpha value is 0.110. The number of hydrogen-bond donors (Lipinski definition) is 0. The normalized spacial score (nSPS) is 14.5. The van der Waals surface area contributed by atoms with Crippen molar-refractivity contribution in [3.8, 4) is 0 Å². The predicted molar refractivity (Wildman–Crippen MR) is 39.6 cm³/mol. The summed E-state index contributed by atoms with van der Waals surface area (Å²) in [6.07, 6.45) is -0.219. The molecule has 3 heteroatoms. The summed E-state index contributed by atoms with van der Waals surface area (Å²) in [6.45, 7) is 0. The zero-order valence-corrected chi connectivity index (χ0v) is 6.88. The molecular formula is C5H3Br2N. The summed E-state index contributed by atoms with van der Waals surface area (Å²) in [5, 5.41) is 0. The molecule has 0 atom stereocenters. The number of aromatic nitrogens is 1. The zero-order chi connectivity index (χ0) is 8.59. The van der Waals surface area contributed by atoms with Crippen molar-refractivity contribution in [1.29, 1.82) is 0 Å². The van der Waals surface area contributed by atoms with E-state index in [1.165, 1.54) is 0 Å². The molecular weight excluding hydrogens is 234 g/mol. The maximum absolute atomic E-state index is 7.27. The first-order chi connectivity index (χ1) is 5.04. The molecule has 0 aromatic carbocycles. The van der Waals surface area contributed by atoms with Crippen LogP contribution in [0.4, 0.5) is 0 Å². The van der Waals surface area contributed by atoms with E-state index in [0.29, 0.717) is 8.95 Å². The smallest absolute Gasteiger partial charge is 0.0852 e.